The molecule has 1 saturated heterocycles. The highest BCUT2D eigenvalue weighted by Gasteiger charge is 2.25. The first kappa shape index (κ1) is 13.7. The summed E-state index contributed by atoms with van der Waals surface area (Å²) in [5, 5.41) is 2.66. The Morgan fingerprint density at radius 1 is 1.15 bits per heavy atom. The first-order valence-electron chi connectivity index (χ1n) is 6.73. The molecule has 7 heteroatoms. The van der Waals surface area contributed by atoms with E-state index >= 15 is 0 Å². The normalized spacial score (nSPS) is 21.4. The van der Waals surface area contributed by atoms with Gasteiger partial charge in [0.05, 0.1) is 5.69 Å². The molecule has 0 saturated carbocycles. The molecular formula is C13H16ClN3O2S. The first-order valence-corrected chi connectivity index (χ1v) is 8.54. The van der Waals surface area contributed by atoms with Crippen LogP contribution in [0.5, 0.6) is 0 Å². The van der Waals surface area contributed by atoms with E-state index in [9.17, 15) is 8.42 Å². The Bertz CT molecular complexity index is 650. The van der Waals surface area contributed by atoms with Crippen molar-refractivity contribution in [2.45, 2.75) is 30.6 Å². The van der Waals surface area contributed by atoms with Gasteiger partial charge in [0.15, 0.2) is 0 Å². The van der Waals surface area contributed by atoms with Crippen LogP contribution in [0.15, 0.2) is 27.5 Å². The number of hydrogen-bond acceptors (Lipinski definition) is 4. The van der Waals surface area contributed by atoms with Gasteiger partial charge >= 0.3 is 0 Å². The average Bonchev–Trinajstić information content (AvgIpc) is 2.66. The lowest BCUT2D eigenvalue weighted by molar-refractivity contribution is 0.598. The van der Waals surface area contributed by atoms with Crippen LogP contribution in [0.3, 0.4) is 0 Å². The number of fused-ring (bicyclic) bond motifs is 1. The van der Waals surface area contributed by atoms with Crippen molar-refractivity contribution < 1.29 is 8.42 Å². The monoisotopic (exact) mass is 313 g/mol. The fourth-order valence-electron chi connectivity index (χ4n) is 2.64. The van der Waals surface area contributed by atoms with Gasteiger partial charge in [-0.1, -0.05) is 12.8 Å². The van der Waals surface area contributed by atoms with E-state index in [0.717, 1.165) is 31.6 Å². The lowest BCUT2D eigenvalue weighted by atomic mass is 10.2. The predicted molar refractivity (Wildman–Crippen MR) is 81.2 cm³/mol. The van der Waals surface area contributed by atoms with Gasteiger partial charge in [0, 0.05) is 18.8 Å². The Hall–Kier alpha value is -1.27. The summed E-state index contributed by atoms with van der Waals surface area (Å²) in [6.07, 6.45) is 4.76. The van der Waals surface area contributed by atoms with Crippen molar-refractivity contribution in [2.24, 2.45) is 4.40 Å². The van der Waals surface area contributed by atoms with Crippen molar-refractivity contribution >= 4 is 38.3 Å². The molecule has 0 aliphatic carbocycles. The molecule has 2 aliphatic heterocycles. The highest BCUT2D eigenvalue weighted by molar-refractivity contribution is 7.90. The molecule has 20 heavy (non-hydrogen) atoms. The SMILES string of the molecule is O=S1(=O)N=C(Cl)Nc2ccc(N3CCCCCC3)cc21. The van der Waals surface area contributed by atoms with Crippen molar-refractivity contribution in [1.82, 2.24) is 0 Å². The topological polar surface area (TPSA) is 61.8 Å². The van der Waals surface area contributed by atoms with Crippen LogP contribution >= 0.6 is 11.6 Å². The summed E-state index contributed by atoms with van der Waals surface area (Å²) in [5.41, 5.74) is 1.42. The zero-order valence-electron chi connectivity index (χ0n) is 11.0. The van der Waals surface area contributed by atoms with Crippen molar-refractivity contribution in [1.29, 1.82) is 0 Å². The zero-order valence-corrected chi connectivity index (χ0v) is 12.5. The number of hydrogen-bond donors (Lipinski definition) is 1. The lowest BCUT2D eigenvalue weighted by Crippen LogP contribution is -2.24. The molecule has 0 radical (unpaired) electrons. The van der Waals surface area contributed by atoms with Crippen LogP contribution < -0.4 is 10.2 Å². The molecule has 0 spiro atoms. The summed E-state index contributed by atoms with van der Waals surface area (Å²) < 4.78 is 27.6. The van der Waals surface area contributed by atoms with Gasteiger partial charge in [-0.15, -0.1) is 4.40 Å². The third-order valence-corrected chi connectivity index (χ3v) is 5.25. The number of halogens is 1. The molecule has 1 N–H and O–H groups in total. The molecule has 2 aliphatic rings. The fourth-order valence-corrected chi connectivity index (χ4v) is 4.04. The average molecular weight is 314 g/mol. The van der Waals surface area contributed by atoms with Gasteiger partial charge < -0.3 is 10.2 Å². The van der Waals surface area contributed by atoms with Gasteiger partial charge in [-0.3, -0.25) is 0 Å². The maximum Gasteiger partial charge on any atom is 0.287 e. The molecule has 108 valence electrons. The molecule has 1 aromatic carbocycles. The minimum atomic E-state index is -3.69. The minimum absolute atomic E-state index is 0.111. The summed E-state index contributed by atoms with van der Waals surface area (Å²) in [6, 6.07) is 5.38. The molecule has 3 rings (SSSR count). The highest BCUT2D eigenvalue weighted by Crippen LogP contribution is 2.32. The second-order valence-corrected chi connectivity index (χ2v) is 6.99. The summed E-state index contributed by atoms with van der Waals surface area (Å²) in [6.45, 7) is 1.94. The van der Waals surface area contributed by atoms with Crippen LogP contribution in [-0.2, 0) is 10.0 Å². The molecule has 1 aromatic rings. The molecule has 0 unspecified atom stereocenters. The largest absolute Gasteiger partial charge is 0.371 e. The summed E-state index contributed by atoms with van der Waals surface area (Å²) in [7, 11) is -3.69. The summed E-state index contributed by atoms with van der Waals surface area (Å²) in [4.78, 5) is 2.44. The van der Waals surface area contributed by atoms with E-state index in [1.165, 1.54) is 12.8 Å². The molecule has 5 nitrogen and oxygen atoms in total. The molecule has 1 fully saturated rings. The van der Waals surface area contributed by atoms with Gasteiger partial charge in [0.1, 0.15) is 4.90 Å². The van der Waals surface area contributed by atoms with Crippen LogP contribution in [0.1, 0.15) is 25.7 Å². The van der Waals surface area contributed by atoms with Crippen molar-refractivity contribution in [3.8, 4) is 0 Å². The van der Waals surface area contributed by atoms with Crippen LogP contribution in [0.25, 0.3) is 0 Å². The molecule has 0 atom stereocenters. The predicted octanol–water partition coefficient (Wildman–Crippen LogP) is 2.78. The Kier molecular flexibility index (Phi) is 3.60. The van der Waals surface area contributed by atoms with E-state index in [-0.39, 0.29) is 10.2 Å². The van der Waals surface area contributed by atoms with E-state index < -0.39 is 10.0 Å². The van der Waals surface area contributed by atoms with Crippen LogP contribution in [0, 0.1) is 0 Å². The van der Waals surface area contributed by atoms with Gasteiger partial charge in [0.25, 0.3) is 10.0 Å². The fraction of sp³-hybridized carbons (Fsp3) is 0.462. The Balaban J connectivity index is 1.98. The second kappa shape index (κ2) is 5.26. The van der Waals surface area contributed by atoms with Crippen LogP contribution in [0.4, 0.5) is 11.4 Å². The first-order chi connectivity index (χ1) is 9.56. The minimum Gasteiger partial charge on any atom is -0.371 e. The van der Waals surface area contributed by atoms with Gasteiger partial charge in [-0.25, -0.2) is 0 Å². The van der Waals surface area contributed by atoms with Crippen molar-refractivity contribution in [3.63, 3.8) is 0 Å². The third kappa shape index (κ3) is 2.62. The van der Waals surface area contributed by atoms with E-state index in [1.807, 2.05) is 6.07 Å². The van der Waals surface area contributed by atoms with Gasteiger partial charge in [-0.05, 0) is 42.6 Å². The number of amidine groups is 1. The van der Waals surface area contributed by atoms with Crippen LogP contribution in [0.2, 0.25) is 0 Å². The molecular weight excluding hydrogens is 298 g/mol. The van der Waals surface area contributed by atoms with E-state index in [2.05, 4.69) is 14.6 Å². The smallest absolute Gasteiger partial charge is 0.287 e. The summed E-state index contributed by atoms with van der Waals surface area (Å²) >= 11 is 5.69. The number of anilines is 2. The molecule has 0 bridgehead atoms. The number of sulfonamides is 1. The van der Waals surface area contributed by atoms with E-state index in [1.54, 1.807) is 12.1 Å². The number of rotatable bonds is 1. The molecule has 0 aromatic heterocycles. The second-order valence-electron chi connectivity index (χ2n) is 5.06. The maximum absolute atomic E-state index is 12.1. The Morgan fingerprint density at radius 3 is 2.55 bits per heavy atom. The third-order valence-electron chi connectivity index (χ3n) is 3.65. The Labute approximate surface area is 123 Å². The lowest BCUT2D eigenvalue weighted by Gasteiger charge is -2.24. The number of nitrogens with zero attached hydrogens (tertiary/aromatic N) is 2. The number of benzene rings is 1. The number of nitrogens with one attached hydrogen (secondary N) is 1. The Morgan fingerprint density at radius 2 is 1.85 bits per heavy atom. The van der Waals surface area contributed by atoms with Gasteiger partial charge in [-0.2, -0.15) is 8.42 Å². The maximum atomic E-state index is 12.1. The quantitative estimate of drug-likeness (QED) is 0.810. The van der Waals surface area contributed by atoms with Crippen molar-refractivity contribution in [3.05, 3.63) is 18.2 Å². The van der Waals surface area contributed by atoms with Gasteiger partial charge in [0.2, 0.25) is 5.29 Å². The zero-order chi connectivity index (χ0) is 14.2. The molecule has 0 amide bonds. The summed E-state index contributed by atoms with van der Waals surface area (Å²) in [5.74, 6) is 0. The van der Waals surface area contributed by atoms with E-state index in [4.69, 9.17) is 11.6 Å². The van der Waals surface area contributed by atoms with Crippen molar-refractivity contribution in [2.75, 3.05) is 23.3 Å². The highest BCUT2D eigenvalue weighted by atomic mass is 35.5. The van der Waals surface area contributed by atoms with E-state index in [0.29, 0.717) is 5.69 Å². The molecule has 2 heterocycles. The standard InChI is InChI=1S/C13H16ClN3O2S/c14-13-15-11-6-5-10(9-12(11)20(18,19)16-13)17-7-3-1-2-4-8-17/h5-6,9H,1-4,7-8H2,(H,15,16). The van der Waals surface area contributed by atoms with Crippen LogP contribution in [-0.4, -0.2) is 26.8 Å².